The third-order valence-corrected chi connectivity index (χ3v) is 6.59. The van der Waals surface area contributed by atoms with Crippen molar-refractivity contribution in [3.8, 4) is 0 Å². The summed E-state index contributed by atoms with van der Waals surface area (Å²) in [5, 5.41) is 3.45. The standard InChI is InChI=1S/C17H25Cl2N3O3S/c1-17(2,3)20-16(23)12-21-7-4-8-22(10-9-21)26(24,25)13-5-6-14(18)15(19)11-13/h5-6,11H,4,7-10,12H2,1-3H3,(H,20,23). The van der Waals surface area contributed by atoms with Crippen LogP contribution in [-0.4, -0.2) is 61.8 Å². The average molecular weight is 422 g/mol. The van der Waals surface area contributed by atoms with Crippen molar-refractivity contribution in [1.82, 2.24) is 14.5 Å². The van der Waals surface area contributed by atoms with E-state index in [-0.39, 0.29) is 27.9 Å². The van der Waals surface area contributed by atoms with E-state index in [0.29, 0.717) is 37.6 Å². The largest absolute Gasteiger partial charge is 0.350 e. The molecule has 1 aromatic carbocycles. The number of hydrogen-bond acceptors (Lipinski definition) is 4. The van der Waals surface area contributed by atoms with E-state index in [1.165, 1.54) is 22.5 Å². The molecule has 0 saturated carbocycles. The van der Waals surface area contributed by atoms with Crippen LogP contribution in [0.3, 0.4) is 0 Å². The lowest BCUT2D eigenvalue weighted by atomic mass is 10.1. The van der Waals surface area contributed by atoms with Gasteiger partial charge in [0.2, 0.25) is 15.9 Å². The van der Waals surface area contributed by atoms with Gasteiger partial charge in [0.15, 0.2) is 0 Å². The summed E-state index contributed by atoms with van der Waals surface area (Å²) in [6.07, 6.45) is 0.656. The molecule has 1 saturated heterocycles. The Kier molecular flexibility index (Phi) is 6.96. The van der Waals surface area contributed by atoms with Crippen molar-refractivity contribution in [2.24, 2.45) is 0 Å². The van der Waals surface area contributed by atoms with Gasteiger partial charge < -0.3 is 5.32 Å². The maximum atomic E-state index is 12.8. The van der Waals surface area contributed by atoms with Crippen molar-refractivity contribution >= 4 is 39.1 Å². The highest BCUT2D eigenvalue weighted by Gasteiger charge is 2.28. The molecule has 1 amide bonds. The molecule has 0 aromatic heterocycles. The number of benzene rings is 1. The van der Waals surface area contributed by atoms with Crippen LogP contribution in [0.2, 0.25) is 10.0 Å². The Morgan fingerprint density at radius 2 is 1.81 bits per heavy atom. The SMILES string of the molecule is CC(C)(C)NC(=O)CN1CCCN(S(=O)(=O)c2ccc(Cl)c(Cl)c2)CC1. The first kappa shape index (κ1) is 21.4. The molecule has 1 aromatic rings. The predicted molar refractivity (Wildman–Crippen MR) is 104 cm³/mol. The summed E-state index contributed by atoms with van der Waals surface area (Å²) in [5.41, 5.74) is -0.286. The minimum absolute atomic E-state index is 0.0571. The smallest absolute Gasteiger partial charge is 0.243 e. The fraction of sp³-hybridized carbons (Fsp3) is 0.588. The van der Waals surface area contributed by atoms with Crippen molar-refractivity contribution in [2.75, 3.05) is 32.7 Å². The Morgan fingerprint density at radius 1 is 1.12 bits per heavy atom. The molecule has 0 aliphatic carbocycles. The van der Waals surface area contributed by atoms with Gasteiger partial charge in [-0.15, -0.1) is 0 Å². The number of carbonyl (C=O) groups excluding carboxylic acids is 1. The van der Waals surface area contributed by atoms with Crippen LogP contribution in [-0.2, 0) is 14.8 Å². The fourth-order valence-electron chi connectivity index (χ4n) is 2.79. The van der Waals surface area contributed by atoms with E-state index in [9.17, 15) is 13.2 Å². The maximum Gasteiger partial charge on any atom is 0.243 e. The summed E-state index contributed by atoms with van der Waals surface area (Å²) in [7, 11) is -3.64. The molecule has 0 atom stereocenters. The minimum atomic E-state index is -3.64. The van der Waals surface area contributed by atoms with Gasteiger partial charge in [-0.3, -0.25) is 9.69 Å². The first-order valence-corrected chi connectivity index (χ1v) is 10.7. The van der Waals surface area contributed by atoms with Gasteiger partial charge >= 0.3 is 0 Å². The van der Waals surface area contributed by atoms with Gasteiger partial charge in [-0.25, -0.2) is 8.42 Å². The quantitative estimate of drug-likeness (QED) is 0.810. The number of rotatable bonds is 4. The summed E-state index contributed by atoms with van der Waals surface area (Å²) in [4.78, 5) is 14.2. The molecule has 26 heavy (non-hydrogen) atoms. The van der Waals surface area contributed by atoms with Gasteiger partial charge in [-0.1, -0.05) is 23.2 Å². The average Bonchev–Trinajstić information content (AvgIpc) is 2.74. The van der Waals surface area contributed by atoms with Gasteiger partial charge in [0.05, 0.1) is 21.5 Å². The van der Waals surface area contributed by atoms with E-state index in [2.05, 4.69) is 5.32 Å². The van der Waals surface area contributed by atoms with E-state index in [1.54, 1.807) is 0 Å². The highest BCUT2D eigenvalue weighted by Crippen LogP contribution is 2.27. The summed E-state index contributed by atoms with van der Waals surface area (Å²) >= 11 is 11.8. The summed E-state index contributed by atoms with van der Waals surface area (Å²) in [5.74, 6) is -0.0571. The fourth-order valence-corrected chi connectivity index (χ4v) is 4.65. The molecule has 0 unspecified atom stereocenters. The second-order valence-corrected chi connectivity index (χ2v) is 10.2. The van der Waals surface area contributed by atoms with Crippen molar-refractivity contribution in [2.45, 2.75) is 37.6 Å². The Hall–Kier alpha value is -0.860. The molecule has 1 N–H and O–H groups in total. The molecule has 146 valence electrons. The summed E-state index contributed by atoms with van der Waals surface area (Å²) < 4.78 is 27.1. The van der Waals surface area contributed by atoms with Crippen molar-refractivity contribution < 1.29 is 13.2 Å². The van der Waals surface area contributed by atoms with Crippen LogP contribution >= 0.6 is 23.2 Å². The van der Waals surface area contributed by atoms with Crippen LogP contribution in [0, 0.1) is 0 Å². The zero-order chi connectivity index (χ0) is 19.5. The van der Waals surface area contributed by atoms with Crippen molar-refractivity contribution in [3.63, 3.8) is 0 Å². The van der Waals surface area contributed by atoms with Gasteiger partial charge in [-0.05, 0) is 51.9 Å². The third kappa shape index (κ3) is 5.82. The number of nitrogens with one attached hydrogen (secondary N) is 1. The molecule has 0 spiro atoms. The molecule has 2 rings (SSSR count). The summed E-state index contributed by atoms with van der Waals surface area (Å²) in [6.45, 7) is 7.95. The van der Waals surface area contributed by atoms with E-state index < -0.39 is 10.0 Å². The van der Waals surface area contributed by atoms with E-state index >= 15 is 0 Å². The van der Waals surface area contributed by atoms with E-state index in [4.69, 9.17) is 23.2 Å². The van der Waals surface area contributed by atoms with Gasteiger partial charge in [0.25, 0.3) is 0 Å². The lowest BCUT2D eigenvalue weighted by molar-refractivity contribution is -0.123. The first-order valence-electron chi connectivity index (χ1n) is 8.47. The zero-order valence-electron chi connectivity index (χ0n) is 15.3. The molecule has 0 radical (unpaired) electrons. The number of amides is 1. The van der Waals surface area contributed by atoms with Crippen LogP contribution in [0.1, 0.15) is 27.2 Å². The zero-order valence-corrected chi connectivity index (χ0v) is 17.6. The van der Waals surface area contributed by atoms with Gasteiger partial charge in [0.1, 0.15) is 0 Å². The monoisotopic (exact) mass is 421 g/mol. The Labute approximate surface area is 165 Å². The lowest BCUT2D eigenvalue weighted by Gasteiger charge is -2.25. The summed E-state index contributed by atoms with van der Waals surface area (Å²) in [6, 6.07) is 4.32. The molecule has 6 nitrogen and oxygen atoms in total. The van der Waals surface area contributed by atoms with Gasteiger partial charge in [0, 0.05) is 25.2 Å². The molecule has 9 heteroatoms. The number of carbonyl (C=O) groups is 1. The lowest BCUT2D eigenvalue weighted by Crippen LogP contribution is -2.46. The van der Waals surface area contributed by atoms with Crippen LogP contribution < -0.4 is 5.32 Å². The van der Waals surface area contributed by atoms with Gasteiger partial charge in [-0.2, -0.15) is 4.31 Å². The maximum absolute atomic E-state index is 12.8. The molecule has 1 aliphatic rings. The Morgan fingerprint density at radius 3 is 2.42 bits per heavy atom. The first-order chi connectivity index (χ1) is 12.0. The predicted octanol–water partition coefficient (Wildman–Crippen LogP) is 2.60. The van der Waals surface area contributed by atoms with Crippen LogP contribution in [0.15, 0.2) is 23.1 Å². The Balaban J connectivity index is 2.03. The number of hydrogen-bond donors (Lipinski definition) is 1. The normalized spacial score (nSPS) is 17.7. The molecule has 0 bridgehead atoms. The van der Waals surface area contributed by atoms with E-state index in [0.717, 1.165) is 0 Å². The molecular formula is C17H25Cl2N3O3S. The molecular weight excluding hydrogens is 397 g/mol. The van der Waals surface area contributed by atoms with E-state index in [1.807, 2.05) is 25.7 Å². The number of sulfonamides is 1. The second-order valence-electron chi connectivity index (χ2n) is 7.41. The van der Waals surface area contributed by atoms with Crippen molar-refractivity contribution in [1.29, 1.82) is 0 Å². The highest BCUT2D eigenvalue weighted by atomic mass is 35.5. The van der Waals surface area contributed by atoms with Crippen LogP contribution in [0.4, 0.5) is 0 Å². The second kappa shape index (κ2) is 8.44. The number of halogens is 2. The van der Waals surface area contributed by atoms with Crippen LogP contribution in [0.25, 0.3) is 0 Å². The topological polar surface area (TPSA) is 69.7 Å². The highest BCUT2D eigenvalue weighted by molar-refractivity contribution is 7.89. The Bertz CT molecular complexity index is 763. The van der Waals surface area contributed by atoms with Crippen molar-refractivity contribution in [3.05, 3.63) is 28.2 Å². The number of nitrogens with zero attached hydrogens (tertiary/aromatic N) is 2. The van der Waals surface area contributed by atoms with Crippen LogP contribution in [0.5, 0.6) is 0 Å². The molecule has 1 fully saturated rings. The molecule has 1 aliphatic heterocycles. The minimum Gasteiger partial charge on any atom is -0.350 e. The third-order valence-electron chi connectivity index (χ3n) is 3.96. The molecule has 1 heterocycles.